The zero-order valence-corrected chi connectivity index (χ0v) is 12.2. The Morgan fingerprint density at radius 2 is 1.61 bits per heavy atom. The summed E-state index contributed by atoms with van der Waals surface area (Å²) in [5.74, 6) is -1.29. The maximum atomic E-state index is 12.2. The Bertz CT molecular complexity index is 686. The zero-order valence-electron chi connectivity index (χ0n) is 12.2. The van der Waals surface area contributed by atoms with E-state index in [1.54, 1.807) is 30.3 Å². The lowest BCUT2D eigenvalue weighted by Gasteiger charge is -2.13. The Hall–Kier alpha value is -2.76. The lowest BCUT2D eigenvalue weighted by molar-refractivity contribution is -0.0499. The van der Waals surface area contributed by atoms with Crippen molar-refractivity contribution < 1.29 is 27.8 Å². The van der Waals surface area contributed by atoms with Crippen molar-refractivity contribution in [3.63, 3.8) is 0 Å². The lowest BCUT2D eigenvalue weighted by atomic mass is 10.1. The number of ketones is 1. The quantitative estimate of drug-likeness (QED) is 0.601. The van der Waals surface area contributed by atoms with Crippen molar-refractivity contribution in [2.24, 2.45) is 0 Å². The van der Waals surface area contributed by atoms with Gasteiger partial charge in [0.25, 0.3) is 0 Å². The maximum absolute atomic E-state index is 12.2. The van der Waals surface area contributed by atoms with Crippen molar-refractivity contribution in [1.29, 1.82) is 0 Å². The number of carbonyl (C=O) groups is 2. The molecular formula is C17H14F2O4. The number of esters is 1. The molecule has 2 aromatic carbocycles. The summed E-state index contributed by atoms with van der Waals surface area (Å²) in [6.07, 6.45) is -0.996. The smallest absolute Gasteiger partial charge is 0.387 e. The van der Waals surface area contributed by atoms with Crippen molar-refractivity contribution in [2.75, 3.05) is 0 Å². The number of alkyl halides is 2. The summed E-state index contributed by atoms with van der Waals surface area (Å²) in [4.78, 5) is 24.1. The first-order valence-electron chi connectivity index (χ1n) is 6.82. The molecule has 0 fully saturated rings. The number of carbonyl (C=O) groups excluding carboxylic acids is 2. The fourth-order valence-corrected chi connectivity index (χ4v) is 1.92. The van der Waals surface area contributed by atoms with E-state index in [0.717, 1.165) is 6.07 Å². The van der Waals surface area contributed by atoms with Gasteiger partial charge in [0, 0.05) is 5.56 Å². The van der Waals surface area contributed by atoms with Gasteiger partial charge in [-0.2, -0.15) is 8.78 Å². The average molecular weight is 320 g/mol. The van der Waals surface area contributed by atoms with Crippen LogP contribution in [-0.2, 0) is 4.74 Å². The number of halogens is 2. The second-order valence-corrected chi connectivity index (χ2v) is 4.68. The molecule has 6 heteroatoms. The van der Waals surface area contributed by atoms with E-state index >= 15 is 0 Å². The first-order valence-corrected chi connectivity index (χ1v) is 6.82. The third-order valence-electron chi connectivity index (χ3n) is 3.01. The van der Waals surface area contributed by atoms with Gasteiger partial charge >= 0.3 is 12.6 Å². The molecule has 4 nitrogen and oxygen atoms in total. The minimum atomic E-state index is -2.99. The fraction of sp³-hybridized carbons (Fsp3) is 0.176. The first-order chi connectivity index (χ1) is 11.0. The Balaban J connectivity index is 2.05. The molecule has 1 atom stereocenters. The van der Waals surface area contributed by atoms with Crippen LogP contribution in [0.15, 0.2) is 54.6 Å². The van der Waals surface area contributed by atoms with E-state index in [0.29, 0.717) is 5.56 Å². The predicted molar refractivity (Wildman–Crippen MR) is 78.7 cm³/mol. The Morgan fingerprint density at radius 1 is 0.957 bits per heavy atom. The van der Waals surface area contributed by atoms with Gasteiger partial charge in [0.15, 0.2) is 6.10 Å². The molecule has 0 amide bonds. The largest absolute Gasteiger partial charge is 0.451 e. The minimum Gasteiger partial charge on any atom is -0.451 e. The van der Waals surface area contributed by atoms with E-state index < -0.39 is 18.7 Å². The van der Waals surface area contributed by atoms with Gasteiger partial charge in [-0.1, -0.05) is 36.4 Å². The molecule has 0 radical (unpaired) electrons. The standard InChI is InChI=1S/C17H14F2O4/c1-11(15(20)12-6-3-2-4-7-12)22-16(21)13-8-5-9-14(10-13)23-17(18)19/h2-11,17H,1H3. The third-order valence-corrected chi connectivity index (χ3v) is 3.01. The third kappa shape index (κ3) is 4.60. The van der Waals surface area contributed by atoms with Gasteiger partial charge in [-0.15, -0.1) is 0 Å². The molecule has 0 heterocycles. The SMILES string of the molecule is CC(OC(=O)c1cccc(OC(F)F)c1)C(=O)c1ccccc1. The molecular weight excluding hydrogens is 306 g/mol. The fourth-order valence-electron chi connectivity index (χ4n) is 1.92. The lowest BCUT2D eigenvalue weighted by Crippen LogP contribution is -2.24. The number of hydrogen-bond acceptors (Lipinski definition) is 4. The summed E-state index contributed by atoms with van der Waals surface area (Å²) in [5, 5.41) is 0. The summed E-state index contributed by atoms with van der Waals surface area (Å²) in [6.45, 7) is -1.54. The highest BCUT2D eigenvalue weighted by molar-refractivity contribution is 6.01. The number of ether oxygens (including phenoxy) is 2. The van der Waals surface area contributed by atoms with Crippen LogP contribution in [0.25, 0.3) is 0 Å². The Morgan fingerprint density at radius 3 is 2.26 bits per heavy atom. The van der Waals surface area contributed by atoms with Crippen LogP contribution in [0.1, 0.15) is 27.6 Å². The van der Waals surface area contributed by atoms with Crippen LogP contribution in [0.2, 0.25) is 0 Å². The van der Waals surface area contributed by atoms with Gasteiger partial charge < -0.3 is 9.47 Å². The normalized spacial score (nSPS) is 11.8. The summed E-state index contributed by atoms with van der Waals surface area (Å²) in [7, 11) is 0. The molecule has 0 bridgehead atoms. The molecule has 0 spiro atoms. The van der Waals surface area contributed by atoms with Crippen LogP contribution < -0.4 is 4.74 Å². The topological polar surface area (TPSA) is 52.6 Å². The summed E-state index contributed by atoms with van der Waals surface area (Å²) >= 11 is 0. The van der Waals surface area contributed by atoms with Crippen LogP contribution in [0.5, 0.6) is 5.75 Å². The highest BCUT2D eigenvalue weighted by Gasteiger charge is 2.20. The molecule has 1 unspecified atom stereocenters. The Kier molecular flexibility index (Phi) is 5.41. The van der Waals surface area contributed by atoms with Crippen molar-refractivity contribution in [3.05, 3.63) is 65.7 Å². The van der Waals surface area contributed by atoms with E-state index in [4.69, 9.17) is 4.74 Å². The van der Waals surface area contributed by atoms with Crippen LogP contribution in [-0.4, -0.2) is 24.5 Å². The highest BCUT2D eigenvalue weighted by atomic mass is 19.3. The van der Waals surface area contributed by atoms with Gasteiger partial charge in [0.2, 0.25) is 5.78 Å². The van der Waals surface area contributed by atoms with Crippen molar-refractivity contribution in [2.45, 2.75) is 19.6 Å². The Labute approximate surface area is 131 Å². The number of Topliss-reactive ketones (excluding diaryl/α,β-unsaturated/α-hetero) is 1. The molecule has 2 aromatic rings. The molecule has 120 valence electrons. The molecule has 2 rings (SSSR count). The maximum Gasteiger partial charge on any atom is 0.387 e. The van der Waals surface area contributed by atoms with Gasteiger partial charge in [-0.3, -0.25) is 4.79 Å². The molecule has 0 aliphatic heterocycles. The van der Waals surface area contributed by atoms with Gasteiger partial charge in [0.05, 0.1) is 5.56 Å². The highest BCUT2D eigenvalue weighted by Crippen LogP contribution is 2.17. The van der Waals surface area contributed by atoms with E-state index in [1.165, 1.54) is 25.1 Å². The summed E-state index contributed by atoms with van der Waals surface area (Å²) in [5.41, 5.74) is 0.443. The van der Waals surface area contributed by atoms with Gasteiger partial charge in [-0.05, 0) is 25.1 Å². The average Bonchev–Trinajstić information content (AvgIpc) is 2.54. The van der Waals surface area contributed by atoms with Crippen molar-refractivity contribution >= 4 is 11.8 Å². The first kappa shape index (κ1) is 16.6. The molecule has 0 N–H and O–H groups in total. The molecule has 0 aliphatic carbocycles. The number of benzene rings is 2. The van der Waals surface area contributed by atoms with E-state index in [9.17, 15) is 18.4 Å². The zero-order chi connectivity index (χ0) is 16.8. The van der Waals surface area contributed by atoms with Crippen LogP contribution in [0.3, 0.4) is 0 Å². The van der Waals surface area contributed by atoms with Crippen LogP contribution in [0.4, 0.5) is 8.78 Å². The molecule has 0 saturated carbocycles. The summed E-state index contributed by atoms with van der Waals surface area (Å²) in [6, 6.07) is 13.6. The molecule has 0 aromatic heterocycles. The van der Waals surface area contributed by atoms with Crippen LogP contribution in [0, 0.1) is 0 Å². The molecule has 23 heavy (non-hydrogen) atoms. The summed E-state index contributed by atoms with van der Waals surface area (Å²) < 4.78 is 33.6. The second kappa shape index (κ2) is 7.49. The minimum absolute atomic E-state index is 0.0239. The molecule has 0 saturated heterocycles. The van der Waals surface area contributed by atoms with Gasteiger partial charge in [0.1, 0.15) is 5.75 Å². The van der Waals surface area contributed by atoms with E-state index in [1.807, 2.05) is 0 Å². The second-order valence-electron chi connectivity index (χ2n) is 4.68. The van der Waals surface area contributed by atoms with Crippen molar-refractivity contribution in [1.82, 2.24) is 0 Å². The van der Waals surface area contributed by atoms with E-state index in [-0.39, 0.29) is 17.1 Å². The van der Waals surface area contributed by atoms with Gasteiger partial charge in [-0.25, -0.2) is 4.79 Å². The number of hydrogen-bond donors (Lipinski definition) is 0. The van der Waals surface area contributed by atoms with Crippen LogP contribution >= 0.6 is 0 Å². The predicted octanol–water partition coefficient (Wildman–Crippen LogP) is 3.72. The van der Waals surface area contributed by atoms with Crippen molar-refractivity contribution in [3.8, 4) is 5.75 Å². The molecule has 0 aliphatic rings. The number of rotatable bonds is 6. The van der Waals surface area contributed by atoms with E-state index in [2.05, 4.69) is 4.74 Å². The monoisotopic (exact) mass is 320 g/mol.